The smallest absolute Gasteiger partial charge is 0.309 e. The third-order valence-electron chi connectivity index (χ3n) is 2.91. The highest BCUT2D eigenvalue weighted by Crippen LogP contribution is 2.38. The molecular formula is C13H14ClNO3. The van der Waals surface area contributed by atoms with Gasteiger partial charge in [0.25, 0.3) is 5.91 Å². The zero-order chi connectivity index (χ0) is 13.1. The molecule has 0 heterocycles. The lowest BCUT2D eigenvalue weighted by atomic mass is 10.3. The molecule has 0 spiro atoms. The van der Waals surface area contributed by atoms with Crippen molar-refractivity contribution in [3.8, 4) is 0 Å². The highest BCUT2D eigenvalue weighted by atomic mass is 35.5. The second kappa shape index (κ2) is 5.40. The fourth-order valence-corrected chi connectivity index (χ4v) is 1.83. The molecule has 4 nitrogen and oxygen atoms in total. The van der Waals surface area contributed by atoms with E-state index in [1.807, 2.05) is 6.92 Å². The summed E-state index contributed by atoms with van der Waals surface area (Å²) < 4.78 is 4.92. The van der Waals surface area contributed by atoms with Crippen LogP contribution in [-0.4, -0.2) is 18.5 Å². The van der Waals surface area contributed by atoms with Crippen LogP contribution in [0.5, 0.6) is 0 Å². The molecule has 1 aromatic carbocycles. The van der Waals surface area contributed by atoms with Crippen molar-refractivity contribution in [3.63, 3.8) is 0 Å². The summed E-state index contributed by atoms with van der Waals surface area (Å²) >= 11 is 5.89. The van der Waals surface area contributed by atoms with Crippen LogP contribution in [-0.2, 0) is 14.3 Å². The molecule has 0 radical (unpaired) electrons. The molecule has 18 heavy (non-hydrogen) atoms. The van der Waals surface area contributed by atoms with E-state index in [-0.39, 0.29) is 24.4 Å². The SMILES string of the molecule is C[C@@H]1C[C@@H]1C(=O)OCC(=O)Nc1ccccc1Cl. The summed E-state index contributed by atoms with van der Waals surface area (Å²) in [5.74, 6) is -0.330. The molecule has 1 aliphatic rings. The molecule has 1 N–H and O–H groups in total. The monoisotopic (exact) mass is 267 g/mol. The van der Waals surface area contributed by atoms with Gasteiger partial charge in [0.1, 0.15) is 0 Å². The number of benzene rings is 1. The van der Waals surface area contributed by atoms with Gasteiger partial charge in [0, 0.05) is 0 Å². The number of ether oxygens (including phenoxy) is 1. The van der Waals surface area contributed by atoms with Crippen molar-refractivity contribution in [2.45, 2.75) is 13.3 Å². The summed E-state index contributed by atoms with van der Waals surface area (Å²) in [5.41, 5.74) is 0.514. The van der Waals surface area contributed by atoms with E-state index >= 15 is 0 Å². The summed E-state index contributed by atoms with van der Waals surface area (Å²) in [4.78, 5) is 23.0. The number of nitrogens with one attached hydrogen (secondary N) is 1. The highest BCUT2D eigenvalue weighted by molar-refractivity contribution is 6.33. The molecule has 96 valence electrons. The predicted octanol–water partition coefficient (Wildman–Crippen LogP) is 2.48. The fourth-order valence-electron chi connectivity index (χ4n) is 1.64. The number of para-hydroxylation sites is 1. The number of hydrogen-bond donors (Lipinski definition) is 1. The largest absolute Gasteiger partial charge is 0.455 e. The van der Waals surface area contributed by atoms with E-state index in [0.717, 1.165) is 6.42 Å². The average molecular weight is 268 g/mol. The van der Waals surface area contributed by atoms with Crippen molar-refractivity contribution in [2.24, 2.45) is 11.8 Å². The Morgan fingerprint density at radius 2 is 2.11 bits per heavy atom. The van der Waals surface area contributed by atoms with E-state index in [1.165, 1.54) is 0 Å². The van der Waals surface area contributed by atoms with Gasteiger partial charge < -0.3 is 10.1 Å². The van der Waals surface area contributed by atoms with Gasteiger partial charge in [0.2, 0.25) is 0 Å². The van der Waals surface area contributed by atoms with Crippen molar-refractivity contribution in [2.75, 3.05) is 11.9 Å². The minimum atomic E-state index is -0.384. The second-order valence-electron chi connectivity index (χ2n) is 4.46. The van der Waals surface area contributed by atoms with Crippen LogP contribution in [0.2, 0.25) is 5.02 Å². The van der Waals surface area contributed by atoms with Gasteiger partial charge in [0.15, 0.2) is 6.61 Å². The minimum Gasteiger partial charge on any atom is -0.455 e. The maximum atomic E-state index is 11.5. The maximum Gasteiger partial charge on any atom is 0.309 e. The Kier molecular flexibility index (Phi) is 3.87. The molecule has 2 rings (SSSR count). The number of anilines is 1. The first-order chi connectivity index (χ1) is 8.58. The first-order valence-corrected chi connectivity index (χ1v) is 6.16. The second-order valence-corrected chi connectivity index (χ2v) is 4.86. The highest BCUT2D eigenvalue weighted by Gasteiger charge is 2.40. The van der Waals surface area contributed by atoms with Crippen molar-refractivity contribution in [1.82, 2.24) is 0 Å². The first kappa shape index (κ1) is 12.9. The quantitative estimate of drug-likeness (QED) is 0.853. The van der Waals surface area contributed by atoms with Gasteiger partial charge in [-0.3, -0.25) is 9.59 Å². The molecule has 1 amide bonds. The molecule has 0 bridgehead atoms. The van der Waals surface area contributed by atoms with Gasteiger partial charge in [-0.15, -0.1) is 0 Å². The molecule has 5 heteroatoms. The lowest BCUT2D eigenvalue weighted by Crippen LogP contribution is -2.21. The maximum absolute atomic E-state index is 11.5. The number of esters is 1. The third kappa shape index (κ3) is 3.23. The fraction of sp³-hybridized carbons (Fsp3) is 0.385. The number of hydrogen-bond acceptors (Lipinski definition) is 3. The van der Waals surface area contributed by atoms with E-state index in [0.29, 0.717) is 16.6 Å². The number of amides is 1. The van der Waals surface area contributed by atoms with Crippen molar-refractivity contribution < 1.29 is 14.3 Å². The minimum absolute atomic E-state index is 0.0295. The van der Waals surface area contributed by atoms with E-state index in [2.05, 4.69) is 5.32 Å². The van der Waals surface area contributed by atoms with Gasteiger partial charge in [-0.25, -0.2) is 0 Å². The van der Waals surface area contributed by atoms with Crippen LogP contribution < -0.4 is 5.32 Å². The van der Waals surface area contributed by atoms with Gasteiger partial charge >= 0.3 is 5.97 Å². The Morgan fingerprint density at radius 3 is 2.72 bits per heavy atom. The van der Waals surface area contributed by atoms with Gasteiger partial charge in [0.05, 0.1) is 16.6 Å². The number of carbonyl (C=O) groups excluding carboxylic acids is 2. The molecule has 2 atom stereocenters. The van der Waals surface area contributed by atoms with Gasteiger partial charge in [-0.2, -0.15) is 0 Å². The summed E-state index contributed by atoms with van der Waals surface area (Å²) in [6, 6.07) is 6.89. The summed E-state index contributed by atoms with van der Waals surface area (Å²) in [5, 5.41) is 3.04. The van der Waals surface area contributed by atoms with Crippen LogP contribution in [0, 0.1) is 11.8 Å². The Bertz CT molecular complexity index is 475. The molecule has 0 saturated heterocycles. The van der Waals surface area contributed by atoms with Gasteiger partial charge in [-0.1, -0.05) is 30.7 Å². The van der Waals surface area contributed by atoms with Crippen LogP contribution >= 0.6 is 11.6 Å². The van der Waals surface area contributed by atoms with E-state index in [4.69, 9.17) is 16.3 Å². The summed E-state index contributed by atoms with van der Waals surface area (Å²) in [6.45, 7) is 1.71. The number of halogens is 1. The Balaban J connectivity index is 1.79. The van der Waals surface area contributed by atoms with Crippen LogP contribution in [0.15, 0.2) is 24.3 Å². The molecular weight excluding hydrogens is 254 g/mol. The normalized spacial score (nSPS) is 21.2. The molecule has 0 unspecified atom stereocenters. The summed E-state index contributed by atoms with van der Waals surface area (Å²) in [6.07, 6.45) is 0.852. The van der Waals surface area contributed by atoms with Crippen LogP contribution in [0.4, 0.5) is 5.69 Å². The van der Waals surface area contributed by atoms with E-state index in [9.17, 15) is 9.59 Å². The Labute approximate surface area is 110 Å². The van der Waals surface area contributed by atoms with Crippen molar-refractivity contribution in [3.05, 3.63) is 29.3 Å². The van der Waals surface area contributed by atoms with E-state index in [1.54, 1.807) is 24.3 Å². The lowest BCUT2D eigenvalue weighted by Gasteiger charge is -2.07. The predicted molar refractivity (Wildman–Crippen MR) is 68.3 cm³/mol. The summed E-state index contributed by atoms with van der Waals surface area (Å²) in [7, 11) is 0. The van der Waals surface area contributed by atoms with Crippen molar-refractivity contribution in [1.29, 1.82) is 0 Å². The molecule has 1 fully saturated rings. The standard InChI is InChI=1S/C13H14ClNO3/c1-8-6-9(8)13(17)18-7-12(16)15-11-5-3-2-4-10(11)14/h2-5,8-9H,6-7H2,1H3,(H,15,16)/t8-,9+/m1/s1. The molecule has 1 aromatic rings. The lowest BCUT2D eigenvalue weighted by molar-refractivity contribution is -0.148. The Morgan fingerprint density at radius 1 is 1.44 bits per heavy atom. The first-order valence-electron chi connectivity index (χ1n) is 5.79. The van der Waals surface area contributed by atoms with Gasteiger partial charge in [-0.05, 0) is 24.5 Å². The van der Waals surface area contributed by atoms with Crippen LogP contribution in [0.25, 0.3) is 0 Å². The molecule has 0 aliphatic heterocycles. The topological polar surface area (TPSA) is 55.4 Å². The Hall–Kier alpha value is -1.55. The van der Waals surface area contributed by atoms with E-state index < -0.39 is 0 Å². The zero-order valence-corrected chi connectivity index (χ0v) is 10.7. The molecule has 1 aliphatic carbocycles. The molecule has 0 aromatic heterocycles. The van der Waals surface area contributed by atoms with Crippen LogP contribution in [0.1, 0.15) is 13.3 Å². The van der Waals surface area contributed by atoms with Crippen LogP contribution in [0.3, 0.4) is 0 Å². The average Bonchev–Trinajstić information content (AvgIpc) is 3.06. The third-order valence-corrected chi connectivity index (χ3v) is 3.24. The zero-order valence-electron chi connectivity index (χ0n) is 9.98. The molecule has 1 saturated carbocycles. The van der Waals surface area contributed by atoms with Crippen molar-refractivity contribution >= 4 is 29.2 Å². The number of rotatable bonds is 4. The number of carbonyl (C=O) groups is 2.